The lowest BCUT2D eigenvalue weighted by Crippen LogP contribution is -2.04. The highest BCUT2D eigenvalue weighted by Crippen LogP contribution is 2.12. The summed E-state index contributed by atoms with van der Waals surface area (Å²) in [6.07, 6.45) is 31.9. The van der Waals surface area contributed by atoms with E-state index in [1.54, 1.807) is 0 Å². The third kappa shape index (κ3) is 17.0. The summed E-state index contributed by atoms with van der Waals surface area (Å²) >= 11 is 0. The molecule has 0 radical (unpaired) electrons. The highest BCUT2D eigenvalue weighted by Gasteiger charge is 2.03. The van der Waals surface area contributed by atoms with E-state index in [0.29, 0.717) is 12.5 Å². The summed E-state index contributed by atoms with van der Waals surface area (Å²) in [5.74, 6) is 0.483. The van der Waals surface area contributed by atoms with Gasteiger partial charge in [-0.2, -0.15) is 0 Å². The maximum Gasteiger partial charge on any atom is 0.0459 e. The molecule has 0 aliphatic heterocycles. The van der Waals surface area contributed by atoms with E-state index in [1.807, 2.05) is 0 Å². The summed E-state index contributed by atoms with van der Waals surface area (Å²) in [5.41, 5.74) is 0. The van der Waals surface area contributed by atoms with Gasteiger partial charge in [-0.15, -0.1) is 0 Å². The van der Waals surface area contributed by atoms with Gasteiger partial charge in [0.1, 0.15) is 0 Å². The average molecular weight is 331 g/mol. The molecule has 0 aliphatic rings. The second kappa shape index (κ2) is 19.7. The largest absolute Gasteiger partial charge is 0.396 e. The molecule has 0 saturated carbocycles. The van der Waals surface area contributed by atoms with Crippen molar-refractivity contribution in [3.63, 3.8) is 0 Å². The normalized spacial score (nSPS) is 14.3. The molecule has 1 nitrogen and oxygen atoms in total. The van der Waals surface area contributed by atoms with Crippen LogP contribution in [0.1, 0.15) is 71.6 Å². The Labute approximate surface area is 150 Å². The lowest BCUT2D eigenvalue weighted by Gasteiger charge is -2.10. The van der Waals surface area contributed by atoms with Gasteiger partial charge in [-0.3, -0.25) is 0 Å². The summed E-state index contributed by atoms with van der Waals surface area (Å²) < 4.78 is 0. The standard InChI is InChI=1S/C23H38O/c1-3-5-6-7-8-9-10-11-12-13-14-15-16-17-18-19-21-23(22-24)20-4-2/h5-6,8-9,11-12,14-15,17-18,23-24H,3-4,7,10,13,16,19-22H2,1-2H3/b6-5-,9-8-,12-11-,15-14-,18-17-. The summed E-state index contributed by atoms with van der Waals surface area (Å²) in [4.78, 5) is 0. The Bertz CT molecular complexity index is 385. The monoisotopic (exact) mass is 330 g/mol. The van der Waals surface area contributed by atoms with Crippen LogP contribution in [0.2, 0.25) is 0 Å². The molecule has 0 saturated heterocycles. The maximum absolute atomic E-state index is 9.23. The van der Waals surface area contributed by atoms with E-state index >= 15 is 0 Å². The fourth-order valence-corrected chi connectivity index (χ4v) is 2.44. The first-order chi connectivity index (χ1) is 11.8. The number of aliphatic hydroxyl groups is 1. The van der Waals surface area contributed by atoms with Crippen LogP contribution in [0.5, 0.6) is 0 Å². The highest BCUT2D eigenvalue weighted by molar-refractivity contribution is 5.00. The minimum atomic E-state index is 0.332. The van der Waals surface area contributed by atoms with Gasteiger partial charge >= 0.3 is 0 Å². The molecule has 0 fully saturated rings. The van der Waals surface area contributed by atoms with Gasteiger partial charge in [0.25, 0.3) is 0 Å². The highest BCUT2D eigenvalue weighted by atomic mass is 16.3. The second-order valence-corrected chi connectivity index (χ2v) is 6.12. The topological polar surface area (TPSA) is 20.2 Å². The van der Waals surface area contributed by atoms with Crippen molar-refractivity contribution in [3.8, 4) is 0 Å². The predicted molar refractivity (Wildman–Crippen MR) is 109 cm³/mol. The molecule has 1 N–H and O–H groups in total. The lowest BCUT2D eigenvalue weighted by molar-refractivity contribution is 0.210. The Kier molecular flexibility index (Phi) is 18.6. The van der Waals surface area contributed by atoms with Gasteiger partial charge < -0.3 is 5.11 Å². The lowest BCUT2D eigenvalue weighted by atomic mass is 9.99. The Morgan fingerprint density at radius 3 is 1.50 bits per heavy atom. The Morgan fingerprint density at radius 2 is 1.08 bits per heavy atom. The smallest absolute Gasteiger partial charge is 0.0459 e. The van der Waals surface area contributed by atoms with Crippen LogP contribution in [0, 0.1) is 5.92 Å². The molecule has 0 amide bonds. The minimum absolute atomic E-state index is 0.332. The van der Waals surface area contributed by atoms with E-state index < -0.39 is 0 Å². The van der Waals surface area contributed by atoms with E-state index in [-0.39, 0.29) is 0 Å². The van der Waals surface area contributed by atoms with Gasteiger partial charge in [0.2, 0.25) is 0 Å². The fourth-order valence-electron chi connectivity index (χ4n) is 2.44. The van der Waals surface area contributed by atoms with Crippen molar-refractivity contribution in [1.82, 2.24) is 0 Å². The average Bonchev–Trinajstić information content (AvgIpc) is 2.60. The molecule has 0 rings (SSSR count). The zero-order valence-electron chi connectivity index (χ0n) is 15.9. The Balaban J connectivity index is 3.56. The third-order valence-electron chi connectivity index (χ3n) is 3.85. The van der Waals surface area contributed by atoms with Crippen molar-refractivity contribution in [1.29, 1.82) is 0 Å². The fraction of sp³-hybridized carbons (Fsp3) is 0.565. The van der Waals surface area contributed by atoms with Crippen molar-refractivity contribution in [3.05, 3.63) is 60.8 Å². The molecule has 136 valence electrons. The van der Waals surface area contributed by atoms with Crippen molar-refractivity contribution in [2.75, 3.05) is 6.61 Å². The van der Waals surface area contributed by atoms with Crippen molar-refractivity contribution in [2.45, 2.75) is 71.6 Å². The van der Waals surface area contributed by atoms with Crippen LogP contribution in [0.3, 0.4) is 0 Å². The Morgan fingerprint density at radius 1 is 0.625 bits per heavy atom. The van der Waals surface area contributed by atoms with Crippen LogP contribution in [0.15, 0.2) is 60.8 Å². The van der Waals surface area contributed by atoms with Crippen LogP contribution in [-0.4, -0.2) is 11.7 Å². The van der Waals surface area contributed by atoms with Crippen LogP contribution in [0.4, 0.5) is 0 Å². The molecule has 0 bridgehead atoms. The van der Waals surface area contributed by atoms with E-state index in [0.717, 1.165) is 57.8 Å². The minimum Gasteiger partial charge on any atom is -0.396 e. The van der Waals surface area contributed by atoms with E-state index in [9.17, 15) is 5.11 Å². The second-order valence-electron chi connectivity index (χ2n) is 6.12. The molecule has 1 unspecified atom stereocenters. The zero-order chi connectivity index (χ0) is 17.7. The van der Waals surface area contributed by atoms with E-state index in [1.165, 1.54) is 0 Å². The number of hydrogen-bond donors (Lipinski definition) is 1. The third-order valence-corrected chi connectivity index (χ3v) is 3.85. The quantitative estimate of drug-likeness (QED) is 0.323. The molecule has 1 atom stereocenters. The molecule has 0 aromatic heterocycles. The molecular formula is C23H38O. The van der Waals surface area contributed by atoms with E-state index in [4.69, 9.17) is 0 Å². The number of rotatable bonds is 15. The van der Waals surface area contributed by atoms with Gasteiger partial charge in [-0.25, -0.2) is 0 Å². The van der Waals surface area contributed by atoms with Crippen LogP contribution in [-0.2, 0) is 0 Å². The molecule has 0 aromatic rings. The van der Waals surface area contributed by atoms with Gasteiger partial charge in [0.05, 0.1) is 0 Å². The van der Waals surface area contributed by atoms with Gasteiger partial charge in [0, 0.05) is 6.61 Å². The zero-order valence-corrected chi connectivity index (χ0v) is 15.9. The van der Waals surface area contributed by atoms with E-state index in [2.05, 4.69) is 74.6 Å². The first-order valence-corrected chi connectivity index (χ1v) is 9.70. The van der Waals surface area contributed by atoms with Gasteiger partial charge in [-0.1, -0.05) is 81.0 Å². The van der Waals surface area contributed by atoms with Crippen molar-refractivity contribution in [2.24, 2.45) is 5.92 Å². The summed E-state index contributed by atoms with van der Waals surface area (Å²) in [6, 6.07) is 0. The van der Waals surface area contributed by atoms with Crippen LogP contribution in [0.25, 0.3) is 0 Å². The van der Waals surface area contributed by atoms with Crippen molar-refractivity contribution < 1.29 is 5.11 Å². The predicted octanol–water partition coefficient (Wildman–Crippen LogP) is 6.93. The molecule has 0 heterocycles. The number of allylic oxidation sites excluding steroid dienone is 10. The van der Waals surface area contributed by atoms with Gasteiger partial charge in [-0.05, 0) is 57.3 Å². The first kappa shape index (κ1) is 22.7. The number of aliphatic hydroxyl groups excluding tert-OH is 1. The number of hydrogen-bond acceptors (Lipinski definition) is 1. The summed E-state index contributed by atoms with van der Waals surface area (Å²) in [6.45, 7) is 4.67. The molecule has 24 heavy (non-hydrogen) atoms. The first-order valence-electron chi connectivity index (χ1n) is 9.70. The summed E-state index contributed by atoms with van der Waals surface area (Å²) in [7, 11) is 0. The maximum atomic E-state index is 9.23. The summed E-state index contributed by atoms with van der Waals surface area (Å²) in [5, 5.41) is 9.23. The van der Waals surface area contributed by atoms with Gasteiger partial charge in [0.15, 0.2) is 0 Å². The SMILES string of the molecule is CC/C=C\C/C=C\C/C=C\C/C=C\C/C=C\CCC(CO)CCC. The molecule has 1 heteroatoms. The molecule has 0 aromatic carbocycles. The molecule has 0 aliphatic carbocycles. The van der Waals surface area contributed by atoms with Crippen LogP contribution >= 0.6 is 0 Å². The van der Waals surface area contributed by atoms with Crippen molar-refractivity contribution >= 4 is 0 Å². The Hall–Kier alpha value is -1.34. The molecule has 0 spiro atoms. The molecular weight excluding hydrogens is 292 g/mol. The van der Waals surface area contributed by atoms with Crippen LogP contribution < -0.4 is 0 Å².